The molecule has 2 heterocycles. The number of nitrogens with one attached hydrogen (secondary N) is 2. The lowest BCUT2D eigenvalue weighted by atomic mass is 10.2. The molecule has 1 aromatic carbocycles. The highest BCUT2D eigenvalue weighted by molar-refractivity contribution is 6.02. The minimum atomic E-state index is -0.156. The summed E-state index contributed by atoms with van der Waals surface area (Å²) in [6.45, 7) is 5.05. The highest BCUT2D eigenvalue weighted by Crippen LogP contribution is 2.41. The van der Waals surface area contributed by atoms with E-state index in [9.17, 15) is 4.79 Å². The Kier molecular flexibility index (Phi) is 6.41. The second-order valence-corrected chi connectivity index (χ2v) is 6.35. The summed E-state index contributed by atoms with van der Waals surface area (Å²) in [4.78, 5) is 18.0. The molecule has 1 fully saturated rings. The molecule has 1 aliphatic rings. The van der Waals surface area contributed by atoms with Gasteiger partial charge in [-0.25, -0.2) is 0 Å². The highest BCUT2D eigenvalue weighted by Gasteiger charge is 2.19. The molecule has 1 amide bonds. The number of carbonyl (C=O) groups excluding carboxylic acids is 1. The van der Waals surface area contributed by atoms with Crippen LogP contribution in [0.5, 0.6) is 17.2 Å². The van der Waals surface area contributed by atoms with Gasteiger partial charge in [-0.3, -0.25) is 9.69 Å². The van der Waals surface area contributed by atoms with Gasteiger partial charge in [0.1, 0.15) is 11.4 Å². The fourth-order valence-electron chi connectivity index (χ4n) is 3.28. The third-order valence-electron chi connectivity index (χ3n) is 4.73. The van der Waals surface area contributed by atoms with Gasteiger partial charge in [0.15, 0.2) is 11.5 Å². The van der Waals surface area contributed by atoms with Crippen molar-refractivity contribution in [2.24, 2.45) is 0 Å². The normalized spacial score (nSPS) is 14.9. The van der Waals surface area contributed by atoms with Crippen LogP contribution in [0.15, 0.2) is 12.1 Å². The standard InChI is InChI=1S/C19H27N3O5/c1-24-15-12-16(25-2)18(26-3)17-13(15)11-14(21-17)19(23)20-5-4-6-22-7-9-27-10-8-22/h11-12,21H,4-10H2,1-3H3,(H,20,23). The second kappa shape index (κ2) is 8.96. The fraction of sp³-hybridized carbons (Fsp3) is 0.526. The lowest BCUT2D eigenvalue weighted by molar-refractivity contribution is 0.0374. The fourth-order valence-corrected chi connectivity index (χ4v) is 3.28. The number of rotatable bonds is 8. The molecule has 1 aromatic heterocycles. The number of morpholine rings is 1. The topological polar surface area (TPSA) is 85.0 Å². The quantitative estimate of drug-likeness (QED) is 0.681. The molecule has 0 radical (unpaired) electrons. The molecule has 1 saturated heterocycles. The summed E-state index contributed by atoms with van der Waals surface area (Å²) in [5.41, 5.74) is 1.13. The zero-order chi connectivity index (χ0) is 19.2. The molecule has 148 valence electrons. The average molecular weight is 377 g/mol. The molecular formula is C19H27N3O5. The first-order valence-electron chi connectivity index (χ1n) is 9.08. The maximum Gasteiger partial charge on any atom is 0.267 e. The zero-order valence-electron chi connectivity index (χ0n) is 16.1. The number of ether oxygens (including phenoxy) is 4. The van der Waals surface area contributed by atoms with Crippen molar-refractivity contribution in [3.8, 4) is 17.2 Å². The Bertz CT molecular complexity index is 783. The van der Waals surface area contributed by atoms with Gasteiger partial charge in [0.2, 0.25) is 0 Å². The van der Waals surface area contributed by atoms with Gasteiger partial charge in [-0.2, -0.15) is 0 Å². The highest BCUT2D eigenvalue weighted by atomic mass is 16.5. The first-order chi connectivity index (χ1) is 13.2. The lowest BCUT2D eigenvalue weighted by Crippen LogP contribution is -2.38. The third kappa shape index (κ3) is 4.28. The molecular weight excluding hydrogens is 350 g/mol. The van der Waals surface area contributed by atoms with E-state index in [-0.39, 0.29) is 5.91 Å². The van der Waals surface area contributed by atoms with Gasteiger partial charge in [0.25, 0.3) is 5.91 Å². The van der Waals surface area contributed by atoms with Gasteiger partial charge < -0.3 is 29.2 Å². The van der Waals surface area contributed by atoms with E-state index in [0.29, 0.717) is 35.0 Å². The van der Waals surface area contributed by atoms with Crippen LogP contribution in [-0.2, 0) is 4.74 Å². The van der Waals surface area contributed by atoms with E-state index in [2.05, 4.69) is 15.2 Å². The summed E-state index contributed by atoms with van der Waals surface area (Å²) >= 11 is 0. The second-order valence-electron chi connectivity index (χ2n) is 6.35. The van der Waals surface area contributed by atoms with Crippen LogP contribution < -0.4 is 19.5 Å². The van der Waals surface area contributed by atoms with E-state index in [1.54, 1.807) is 33.5 Å². The lowest BCUT2D eigenvalue weighted by Gasteiger charge is -2.26. The number of aromatic nitrogens is 1. The largest absolute Gasteiger partial charge is 0.496 e. The summed E-state index contributed by atoms with van der Waals surface area (Å²) in [6, 6.07) is 3.52. The number of amides is 1. The summed E-state index contributed by atoms with van der Waals surface area (Å²) in [5.74, 6) is 1.54. The molecule has 0 spiro atoms. The molecule has 0 aliphatic carbocycles. The first-order valence-corrected chi connectivity index (χ1v) is 9.08. The van der Waals surface area contributed by atoms with E-state index >= 15 is 0 Å². The molecule has 8 heteroatoms. The number of hydrogen-bond donors (Lipinski definition) is 2. The molecule has 3 rings (SSSR count). The Balaban J connectivity index is 1.67. The molecule has 8 nitrogen and oxygen atoms in total. The Labute approximate surface area is 158 Å². The van der Waals surface area contributed by atoms with Crippen molar-refractivity contribution in [2.75, 3.05) is 60.7 Å². The van der Waals surface area contributed by atoms with Gasteiger partial charge >= 0.3 is 0 Å². The van der Waals surface area contributed by atoms with Crippen molar-refractivity contribution >= 4 is 16.8 Å². The predicted molar refractivity (Wildman–Crippen MR) is 102 cm³/mol. The minimum Gasteiger partial charge on any atom is -0.496 e. The van der Waals surface area contributed by atoms with Crippen LogP contribution in [0.25, 0.3) is 10.9 Å². The van der Waals surface area contributed by atoms with Crippen LogP contribution in [0, 0.1) is 0 Å². The van der Waals surface area contributed by atoms with Crippen LogP contribution in [-0.4, -0.2) is 76.5 Å². The van der Waals surface area contributed by atoms with Crippen molar-refractivity contribution in [1.29, 1.82) is 0 Å². The zero-order valence-corrected chi connectivity index (χ0v) is 16.1. The first kappa shape index (κ1) is 19.3. The Morgan fingerprint density at radius 3 is 2.56 bits per heavy atom. The molecule has 27 heavy (non-hydrogen) atoms. The number of hydrogen-bond acceptors (Lipinski definition) is 6. The predicted octanol–water partition coefficient (Wildman–Crippen LogP) is 1.65. The monoisotopic (exact) mass is 377 g/mol. The van der Waals surface area contributed by atoms with E-state index in [0.717, 1.165) is 44.7 Å². The number of H-pyrrole nitrogens is 1. The smallest absolute Gasteiger partial charge is 0.267 e. The van der Waals surface area contributed by atoms with E-state index in [1.165, 1.54) is 0 Å². The average Bonchev–Trinajstić information content (AvgIpc) is 3.16. The third-order valence-corrected chi connectivity index (χ3v) is 4.73. The van der Waals surface area contributed by atoms with Crippen molar-refractivity contribution in [1.82, 2.24) is 15.2 Å². The summed E-state index contributed by atoms with van der Waals surface area (Å²) < 4.78 is 21.6. The minimum absolute atomic E-state index is 0.156. The number of fused-ring (bicyclic) bond motifs is 1. The van der Waals surface area contributed by atoms with Crippen LogP contribution >= 0.6 is 0 Å². The van der Waals surface area contributed by atoms with Gasteiger partial charge in [-0.1, -0.05) is 0 Å². The van der Waals surface area contributed by atoms with Gasteiger partial charge in [-0.05, 0) is 19.0 Å². The van der Waals surface area contributed by atoms with Crippen LogP contribution in [0.2, 0.25) is 0 Å². The van der Waals surface area contributed by atoms with E-state index in [1.807, 2.05) is 0 Å². The SMILES string of the molecule is COc1cc(OC)c2cc(C(=O)NCCCN3CCOCC3)[nH]c2c1OC. The van der Waals surface area contributed by atoms with Crippen molar-refractivity contribution < 1.29 is 23.7 Å². The molecule has 0 saturated carbocycles. The molecule has 0 bridgehead atoms. The molecule has 0 unspecified atom stereocenters. The maximum absolute atomic E-state index is 12.5. The number of nitrogens with zero attached hydrogens (tertiary/aromatic N) is 1. The van der Waals surface area contributed by atoms with Crippen LogP contribution in [0.4, 0.5) is 0 Å². The van der Waals surface area contributed by atoms with Gasteiger partial charge in [0.05, 0.1) is 40.1 Å². The van der Waals surface area contributed by atoms with E-state index < -0.39 is 0 Å². The molecule has 1 aliphatic heterocycles. The van der Waals surface area contributed by atoms with Gasteiger partial charge in [0, 0.05) is 31.1 Å². The number of carbonyl (C=O) groups is 1. The Hall–Kier alpha value is -2.45. The van der Waals surface area contributed by atoms with E-state index in [4.69, 9.17) is 18.9 Å². The summed E-state index contributed by atoms with van der Waals surface area (Å²) in [7, 11) is 4.71. The van der Waals surface area contributed by atoms with Crippen molar-refractivity contribution in [2.45, 2.75) is 6.42 Å². The van der Waals surface area contributed by atoms with Crippen molar-refractivity contribution in [3.05, 3.63) is 17.8 Å². The van der Waals surface area contributed by atoms with Crippen LogP contribution in [0.3, 0.4) is 0 Å². The number of aromatic amines is 1. The van der Waals surface area contributed by atoms with Crippen molar-refractivity contribution in [3.63, 3.8) is 0 Å². The Morgan fingerprint density at radius 2 is 1.89 bits per heavy atom. The molecule has 0 atom stereocenters. The Morgan fingerprint density at radius 1 is 1.15 bits per heavy atom. The van der Waals surface area contributed by atoms with Crippen LogP contribution in [0.1, 0.15) is 16.9 Å². The summed E-state index contributed by atoms with van der Waals surface area (Å²) in [5, 5.41) is 3.73. The summed E-state index contributed by atoms with van der Waals surface area (Å²) in [6.07, 6.45) is 0.895. The van der Waals surface area contributed by atoms with Gasteiger partial charge in [-0.15, -0.1) is 0 Å². The molecule has 2 aromatic rings. The maximum atomic E-state index is 12.5. The number of methoxy groups -OCH3 is 3. The molecule has 2 N–H and O–H groups in total. The number of benzene rings is 1.